The summed E-state index contributed by atoms with van der Waals surface area (Å²) in [5, 5.41) is 10.6. The van der Waals surface area contributed by atoms with Gasteiger partial charge in [-0.05, 0) is 31.6 Å². The number of hydrogen-bond donors (Lipinski definition) is 3. The number of phosphoric ester groups is 2. The summed E-state index contributed by atoms with van der Waals surface area (Å²) in [7, 11) is -9.90. The van der Waals surface area contributed by atoms with E-state index in [-0.39, 0.29) is 25.7 Å². The molecule has 0 aromatic carbocycles. The molecule has 0 radical (unpaired) electrons. The minimum absolute atomic E-state index is 0.104. The zero-order valence-corrected chi connectivity index (χ0v) is 64.3. The van der Waals surface area contributed by atoms with Gasteiger partial charge in [-0.25, -0.2) is 9.13 Å². The van der Waals surface area contributed by atoms with Gasteiger partial charge in [0.25, 0.3) is 0 Å². The molecule has 0 amide bonds. The molecule has 0 aromatic heterocycles. The minimum Gasteiger partial charge on any atom is -0.462 e. The molecule has 0 rings (SSSR count). The quantitative estimate of drug-likeness (QED) is 0.0222. The lowest BCUT2D eigenvalue weighted by Gasteiger charge is -2.21. The van der Waals surface area contributed by atoms with E-state index in [0.717, 1.165) is 102 Å². The average molecular weight is 1410 g/mol. The van der Waals surface area contributed by atoms with Gasteiger partial charge in [-0.3, -0.25) is 37.3 Å². The van der Waals surface area contributed by atoms with Gasteiger partial charge in [-0.1, -0.05) is 356 Å². The average Bonchev–Trinajstić information content (AvgIpc) is 1.54. The first kappa shape index (κ1) is 94.1. The molecular weight excluding hydrogens is 1260 g/mol. The molecular formula is C77H150O17P2. The molecule has 0 saturated carbocycles. The van der Waals surface area contributed by atoms with Crippen LogP contribution in [0.15, 0.2) is 0 Å². The molecule has 0 bridgehead atoms. The lowest BCUT2D eigenvalue weighted by molar-refractivity contribution is -0.161. The molecule has 570 valence electrons. The highest BCUT2D eigenvalue weighted by Gasteiger charge is 2.30. The monoisotopic (exact) mass is 1410 g/mol. The number of carbonyl (C=O) groups is 4. The van der Waals surface area contributed by atoms with Crippen LogP contribution in [0.2, 0.25) is 0 Å². The molecule has 0 heterocycles. The van der Waals surface area contributed by atoms with Gasteiger partial charge in [0, 0.05) is 25.7 Å². The standard InChI is InChI=1S/C77H150O17P2/c1-6-10-13-16-18-20-22-24-26-28-30-32-34-36-38-40-42-47-52-57-62-76(81)94-73(67-88-75(80)61-56-51-46-41-39-37-35-33-31-29-27-25-23-21-19-17-14-11-7-2)69-92-96(85,86)90-65-71(78)64-89-95(83,84)91-68-72(66-87-74(79)60-55-49-15-12-8-3)93-77(82)63-58-53-48-44-43-45-50-54-59-70(5)9-4/h70-73,78H,6-69H2,1-5H3,(H,83,84)(H,85,86)/t70?,71-,72+,73+/m0/s1. The first-order chi connectivity index (χ1) is 46.6. The summed E-state index contributed by atoms with van der Waals surface area (Å²) >= 11 is 0. The van der Waals surface area contributed by atoms with Crippen molar-refractivity contribution in [1.29, 1.82) is 0 Å². The Morgan fingerprint density at radius 1 is 0.292 bits per heavy atom. The maximum absolute atomic E-state index is 13.1. The van der Waals surface area contributed by atoms with E-state index in [0.29, 0.717) is 25.7 Å². The fourth-order valence-corrected chi connectivity index (χ4v) is 13.4. The number of esters is 4. The third-order valence-corrected chi connectivity index (χ3v) is 20.3. The minimum atomic E-state index is -4.96. The summed E-state index contributed by atoms with van der Waals surface area (Å²) < 4.78 is 68.3. The van der Waals surface area contributed by atoms with E-state index in [9.17, 15) is 43.2 Å². The normalized spacial score (nSPS) is 14.2. The second-order valence-electron chi connectivity index (χ2n) is 28.0. The highest BCUT2D eigenvalue weighted by molar-refractivity contribution is 7.47. The van der Waals surface area contributed by atoms with Crippen molar-refractivity contribution in [2.45, 2.75) is 425 Å². The van der Waals surface area contributed by atoms with Crippen LogP contribution in [0.1, 0.15) is 407 Å². The predicted molar refractivity (Wildman–Crippen MR) is 391 cm³/mol. The number of phosphoric acid groups is 2. The summed E-state index contributed by atoms with van der Waals surface area (Å²) in [6, 6.07) is 0. The van der Waals surface area contributed by atoms with E-state index in [2.05, 4.69) is 34.6 Å². The van der Waals surface area contributed by atoms with Crippen LogP contribution in [0.3, 0.4) is 0 Å². The molecule has 96 heavy (non-hydrogen) atoms. The first-order valence-corrected chi connectivity index (χ1v) is 43.2. The molecule has 0 aromatic rings. The number of aliphatic hydroxyl groups excluding tert-OH is 1. The smallest absolute Gasteiger partial charge is 0.462 e. The Hall–Kier alpha value is -1.94. The highest BCUT2D eigenvalue weighted by atomic mass is 31.2. The van der Waals surface area contributed by atoms with Gasteiger partial charge in [0.2, 0.25) is 0 Å². The summed E-state index contributed by atoms with van der Waals surface area (Å²) in [6.45, 7) is 7.20. The van der Waals surface area contributed by atoms with Crippen LogP contribution in [0.25, 0.3) is 0 Å². The van der Waals surface area contributed by atoms with Crippen molar-refractivity contribution in [3.05, 3.63) is 0 Å². The first-order valence-electron chi connectivity index (χ1n) is 40.2. The molecule has 0 saturated heterocycles. The van der Waals surface area contributed by atoms with Gasteiger partial charge >= 0.3 is 39.5 Å². The van der Waals surface area contributed by atoms with E-state index in [1.807, 2.05) is 0 Å². The highest BCUT2D eigenvalue weighted by Crippen LogP contribution is 2.45. The number of rotatable bonds is 77. The predicted octanol–water partition coefficient (Wildman–Crippen LogP) is 22.9. The molecule has 3 N–H and O–H groups in total. The third-order valence-electron chi connectivity index (χ3n) is 18.4. The Morgan fingerprint density at radius 2 is 0.500 bits per heavy atom. The Balaban J connectivity index is 5.12. The number of ether oxygens (including phenoxy) is 4. The van der Waals surface area contributed by atoms with Crippen LogP contribution in [-0.4, -0.2) is 96.7 Å². The Bertz CT molecular complexity index is 1840. The van der Waals surface area contributed by atoms with E-state index in [4.69, 9.17) is 37.0 Å². The Labute approximate surface area is 588 Å². The maximum Gasteiger partial charge on any atom is 0.472 e. The molecule has 3 unspecified atom stereocenters. The van der Waals surface area contributed by atoms with Crippen molar-refractivity contribution in [1.82, 2.24) is 0 Å². The van der Waals surface area contributed by atoms with Crippen LogP contribution in [-0.2, 0) is 65.4 Å². The summed E-state index contributed by atoms with van der Waals surface area (Å²) in [5.74, 6) is -1.36. The van der Waals surface area contributed by atoms with Crippen molar-refractivity contribution >= 4 is 39.5 Å². The van der Waals surface area contributed by atoms with Crippen LogP contribution in [0, 0.1) is 5.92 Å². The van der Waals surface area contributed by atoms with Gasteiger partial charge in [0.15, 0.2) is 12.2 Å². The fraction of sp³-hybridized carbons (Fsp3) is 0.948. The number of aliphatic hydroxyl groups is 1. The summed E-state index contributed by atoms with van der Waals surface area (Å²) in [6.07, 6.45) is 60.2. The van der Waals surface area contributed by atoms with Crippen molar-refractivity contribution < 1.29 is 80.2 Å². The number of carbonyl (C=O) groups excluding carboxylic acids is 4. The van der Waals surface area contributed by atoms with Crippen LogP contribution in [0.4, 0.5) is 0 Å². The van der Waals surface area contributed by atoms with Gasteiger partial charge in [-0.2, -0.15) is 0 Å². The van der Waals surface area contributed by atoms with Crippen molar-refractivity contribution in [3.63, 3.8) is 0 Å². The van der Waals surface area contributed by atoms with E-state index < -0.39 is 97.5 Å². The summed E-state index contributed by atoms with van der Waals surface area (Å²) in [4.78, 5) is 72.5. The Kier molecular flexibility index (Phi) is 68.7. The van der Waals surface area contributed by atoms with Gasteiger partial charge in [0.1, 0.15) is 19.3 Å². The van der Waals surface area contributed by atoms with E-state index in [1.165, 1.54) is 225 Å². The van der Waals surface area contributed by atoms with Gasteiger partial charge in [-0.15, -0.1) is 0 Å². The zero-order chi connectivity index (χ0) is 70.5. The lowest BCUT2D eigenvalue weighted by atomic mass is 9.99. The molecule has 0 aliphatic carbocycles. The third kappa shape index (κ3) is 69.2. The van der Waals surface area contributed by atoms with Crippen molar-refractivity contribution in [2.75, 3.05) is 39.6 Å². The van der Waals surface area contributed by atoms with Crippen LogP contribution < -0.4 is 0 Å². The Morgan fingerprint density at radius 3 is 0.740 bits per heavy atom. The van der Waals surface area contributed by atoms with Gasteiger partial charge in [0.05, 0.1) is 26.4 Å². The summed E-state index contributed by atoms with van der Waals surface area (Å²) in [5.41, 5.74) is 0. The molecule has 0 spiro atoms. The molecule has 0 fully saturated rings. The van der Waals surface area contributed by atoms with Crippen molar-refractivity contribution in [2.24, 2.45) is 5.92 Å². The molecule has 6 atom stereocenters. The molecule has 0 aliphatic heterocycles. The SMILES string of the molecule is CCCCCCCCCCCCCCCCCCCCCCC(=O)O[C@H](COC(=O)CCCCCCCCCCCCCCCCCCCCC)COP(=O)(O)OC[C@@H](O)COP(=O)(O)OC[C@@H](COC(=O)CCCCCCC)OC(=O)CCCCCCCCCCC(C)CC. The molecule has 0 aliphatic rings. The molecule has 19 heteroatoms. The van der Waals surface area contributed by atoms with E-state index >= 15 is 0 Å². The maximum atomic E-state index is 13.1. The van der Waals surface area contributed by atoms with Gasteiger partial charge < -0.3 is 33.8 Å². The largest absolute Gasteiger partial charge is 0.472 e. The second kappa shape index (κ2) is 70.1. The zero-order valence-electron chi connectivity index (χ0n) is 62.5. The number of unbranched alkanes of at least 4 members (excludes halogenated alkanes) is 48. The van der Waals surface area contributed by atoms with Crippen molar-refractivity contribution in [3.8, 4) is 0 Å². The number of hydrogen-bond acceptors (Lipinski definition) is 15. The van der Waals surface area contributed by atoms with Crippen LogP contribution in [0.5, 0.6) is 0 Å². The molecule has 17 nitrogen and oxygen atoms in total. The topological polar surface area (TPSA) is 237 Å². The van der Waals surface area contributed by atoms with E-state index in [1.54, 1.807) is 0 Å². The van der Waals surface area contributed by atoms with Crippen LogP contribution >= 0.6 is 15.6 Å². The lowest BCUT2D eigenvalue weighted by Crippen LogP contribution is -2.30. The fourth-order valence-electron chi connectivity index (χ4n) is 11.8. The second-order valence-corrected chi connectivity index (χ2v) is 30.9.